The number of aromatic nitrogens is 7. The smallest absolute Gasteiger partial charge is 0.254 e. The maximum Gasteiger partial charge on any atom is 0.254 e. The molecule has 0 bridgehead atoms. The summed E-state index contributed by atoms with van der Waals surface area (Å²) >= 11 is 3.47. The first-order valence-corrected chi connectivity index (χ1v) is 11.8. The number of aryl methyl sites for hydroxylation is 2. The van der Waals surface area contributed by atoms with Gasteiger partial charge in [-0.1, -0.05) is 11.3 Å². The van der Waals surface area contributed by atoms with E-state index in [4.69, 9.17) is 0 Å². The normalized spacial score (nSPS) is 11.0. The Morgan fingerprint density at radius 3 is 2.21 bits per heavy atom. The molecular weight excluding hydrogens is 408 g/mol. The summed E-state index contributed by atoms with van der Waals surface area (Å²) in [6, 6.07) is 6.11. The molecule has 2 aromatic heterocycles. The zero-order valence-electron chi connectivity index (χ0n) is 16.9. The highest BCUT2D eigenvalue weighted by Crippen LogP contribution is 2.20. The van der Waals surface area contributed by atoms with E-state index in [1.165, 1.54) is 4.80 Å². The summed E-state index contributed by atoms with van der Waals surface area (Å²) in [5.41, 5.74) is 3.65. The number of amides is 1. The van der Waals surface area contributed by atoms with Crippen molar-refractivity contribution in [2.75, 3.05) is 12.5 Å². The fourth-order valence-electron chi connectivity index (χ4n) is 2.99. The van der Waals surface area contributed by atoms with Crippen LogP contribution in [0.1, 0.15) is 33.0 Å². The van der Waals surface area contributed by atoms with Gasteiger partial charge in [0, 0.05) is 30.3 Å². The fraction of sp³-hybridized carbons (Fsp3) is 0.444. The van der Waals surface area contributed by atoms with Crippen LogP contribution in [0.25, 0.3) is 0 Å². The molecule has 0 aliphatic rings. The largest absolute Gasteiger partial charge is 0.325 e. The van der Waals surface area contributed by atoms with Crippen LogP contribution in [0.4, 0.5) is 0 Å². The lowest BCUT2D eigenvalue weighted by Crippen LogP contribution is -2.31. The highest BCUT2D eigenvalue weighted by molar-refractivity contribution is 7.98. The van der Waals surface area contributed by atoms with E-state index >= 15 is 0 Å². The molecule has 0 N–H and O–H groups in total. The van der Waals surface area contributed by atoms with Crippen LogP contribution in [0.2, 0.25) is 0 Å². The van der Waals surface area contributed by atoms with Crippen molar-refractivity contribution in [3.8, 4) is 0 Å². The molecule has 3 aromatic rings. The van der Waals surface area contributed by atoms with Crippen LogP contribution >= 0.6 is 23.5 Å². The van der Waals surface area contributed by atoms with Crippen LogP contribution in [0.3, 0.4) is 0 Å². The molecule has 9 nitrogen and oxygen atoms in total. The Hall–Kier alpha value is -2.40. The number of hydrogen-bond acceptors (Lipinski definition) is 8. The van der Waals surface area contributed by atoms with Crippen LogP contribution in [-0.2, 0) is 38.7 Å². The topological polar surface area (TPSA) is 94.6 Å². The zero-order valence-corrected chi connectivity index (χ0v) is 18.6. The summed E-state index contributed by atoms with van der Waals surface area (Å²) in [5.74, 6) is 2.11. The van der Waals surface area contributed by atoms with E-state index in [2.05, 4.69) is 44.3 Å². The fourth-order valence-corrected chi connectivity index (χ4v) is 3.99. The third-order valence-electron chi connectivity index (χ3n) is 4.09. The summed E-state index contributed by atoms with van der Waals surface area (Å²) in [6.07, 6.45) is 5.92. The summed E-state index contributed by atoms with van der Waals surface area (Å²) in [6.45, 7) is 0.559. The van der Waals surface area contributed by atoms with Gasteiger partial charge in [-0.2, -0.15) is 28.3 Å². The van der Waals surface area contributed by atoms with Gasteiger partial charge in [0.25, 0.3) is 5.91 Å². The number of carbonyl (C=O) groups excluding carboxylic acids is 1. The van der Waals surface area contributed by atoms with Crippen LogP contribution in [0.15, 0.2) is 24.4 Å². The van der Waals surface area contributed by atoms with Crippen molar-refractivity contribution in [2.45, 2.75) is 24.6 Å². The lowest BCUT2D eigenvalue weighted by molar-refractivity contribution is 0.0723. The quantitative estimate of drug-likeness (QED) is 0.506. The van der Waals surface area contributed by atoms with Crippen molar-refractivity contribution >= 4 is 29.4 Å². The maximum atomic E-state index is 13.5. The highest BCUT2D eigenvalue weighted by atomic mass is 32.2. The monoisotopic (exact) mass is 432 g/mol. The Labute approximate surface area is 178 Å². The summed E-state index contributed by atoms with van der Waals surface area (Å²) in [4.78, 5) is 16.5. The Kier molecular flexibility index (Phi) is 7.26. The molecule has 0 fully saturated rings. The predicted octanol–water partition coefficient (Wildman–Crippen LogP) is 1.91. The second-order valence-corrected chi connectivity index (χ2v) is 8.38. The minimum atomic E-state index is -0.0894. The molecule has 0 spiro atoms. The van der Waals surface area contributed by atoms with Gasteiger partial charge < -0.3 is 4.90 Å². The van der Waals surface area contributed by atoms with Crippen molar-refractivity contribution in [2.24, 2.45) is 14.1 Å². The van der Waals surface area contributed by atoms with E-state index in [9.17, 15) is 4.79 Å². The average molecular weight is 433 g/mol. The van der Waals surface area contributed by atoms with E-state index in [1.807, 2.05) is 12.1 Å². The lowest BCUT2D eigenvalue weighted by Gasteiger charge is -2.21. The van der Waals surface area contributed by atoms with Crippen molar-refractivity contribution in [1.29, 1.82) is 0 Å². The van der Waals surface area contributed by atoms with Crippen molar-refractivity contribution < 1.29 is 4.79 Å². The van der Waals surface area contributed by atoms with Crippen LogP contribution < -0.4 is 0 Å². The maximum absolute atomic E-state index is 13.5. The van der Waals surface area contributed by atoms with Crippen molar-refractivity contribution in [1.82, 2.24) is 40.1 Å². The molecule has 0 aliphatic carbocycles. The number of nitrogens with zero attached hydrogens (tertiary/aromatic N) is 8. The van der Waals surface area contributed by atoms with E-state index in [1.54, 1.807) is 53.4 Å². The van der Waals surface area contributed by atoms with Gasteiger partial charge in [-0.05, 0) is 41.0 Å². The Bertz CT molecular complexity index is 904. The number of thioether (sulfide) groups is 2. The van der Waals surface area contributed by atoms with E-state index in [0.29, 0.717) is 23.6 Å². The van der Waals surface area contributed by atoms with Gasteiger partial charge in [0.05, 0.1) is 20.1 Å². The molecule has 0 radical (unpaired) electrons. The first-order valence-electron chi connectivity index (χ1n) is 8.96. The zero-order chi connectivity index (χ0) is 20.8. The summed E-state index contributed by atoms with van der Waals surface area (Å²) in [5, 5.41) is 20.2. The molecule has 0 unspecified atom stereocenters. The van der Waals surface area contributed by atoms with Crippen molar-refractivity contribution in [3.05, 3.63) is 52.6 Å². The minimum Gasteiger partial charge on any atom is -0.325 e. The number of rotatable bonds is 9. The van der Waals surface area contributed by atoms with Gasteiger partial charge in [-0.3, -0.25) is 9.48 Å². The lowest BCUT2D eigenvalue weighted by atomic mass is 10.1. The van der Waals surface area contributed by atoms with Gasteiger partial charge in [-0.15, -0.1) is 15.3 Å². The number of hydrogen-bond donors (Lipinski definition) is 0. The molecule has 1 amide bonds. The standard InChI is InChI=1S/C18H24N8OS2/c1-24-8-16(19-22-24)9-26(10-17-20-23-25(2)21-17)18(27)15-6-13(11-28-3)5-14(7-15)12-29-4/h5-8H,9-12H2,1-4H3. The Morgan fingerprint density at radius 1 is 1.00 bits per heavy atom. The predicted molar refractivity (Wildman–Crippen MR) is 114 cm³/mol. The molecule has 0 atom stereocenters. The van der Waals surface area contributed by atoms with Crippen LogP contribution in [0, 0.1) is 0 Å². The molecule has 2 heterocycles. The summed E-state index contributed by atoms with van der Waals surface area (Å²) < 4.78 is 1.62. The number of tetrazole rings is 1. The highest BCUT2D eigenvalue weighted by Gasteiger charge is 2.21. The van der Waals surface area contributed by atoms with Gasteiger partial charge >= 0.3 is 0 Å². The average Bonchev–Trinajstić information content (AvgIpc) is 3.29. The SMILES string of the molecule is CSCc1cc(CSC)cc(C(=O)N(Cc2cn(C)nn2)Cc2nnn(C)n2)c1. The van der Waals surface area contributed by atoms with Gasteiger partial charge in [0.1, 0.15) is 5.69 Å². The molecule has 29 heavy (non-hydrogen) atoms. The number of benzene rings is 1. The molecule has 11 heteroatoms. The molecule has 0 aliphatic heterocycles. The molecular formula is C18H24N8OS2. The third-order valence-corrected chi connectivity index (χ3v) is 5.34. The number of carbonyl (C=O) groups is 1. The van der Waals surface area contributed by atoms with E-state index in [-0.39, 0.29) is 12.5 Å². The van der Waals surface area contributed by atoms with Gasteiger partial charge in [0.2, 0.25) is 0 Å². The molecule has 0 saturated carbocycles. The minimum absolute atomic E-state index is 0.0894. The summed E-state index contributed by atoms with van der Waals surface area (Å²) in [7, 11) is 3.50. The second kappa shape index (κ2) is 9.88. The first-order chi connectivity index (χ1) is 14.0. The molecule has 154 valence electrons. The van der Waals surface area contributed by atoms with Gasteiger partial charge in [-0.25, -0.2) is 0 Å². The van der Waals surface area contributed by atoms with Gasteiger partial charge in [0.15, 0.2) is 5.82 Å². The van der Waals surface area contributed by atoms with E-state index < -0.39 is 0 Å². The van der Waals surface area contributed by atoms with Crippen molar-refractivity contribution in [3.63, 3.8) is 0 Å². The Morgan fingerprint density at radius 2 is 1.69 bits per heavy atom. The van der Waals surface area contributed by atoms with E-state index in [0.717, 1.165) is 22.6 Å². The first kappa shape index (κ1) is 21.3. The molecule has 1 aromatic carbocycles. The molecule has 3 rings (SSSR count). The Balaban J connectivity index is 1.91. The van der Waals surface area contributed by atoms with Crippen LogP contribution in [-0.4, -0.2) is 58.5 Å². The molecule has 0 saturated heterocycles. The third kappa shape index (κ3) is 5.80. The van der Waals surface area contributed by atoms with Crippen LogP contribution in [0.5, 0.6) is 0 Å². The second-order valence-electron chi connectivity index (χ2n) is 6.64.